The third-order valence-electron chi connectivity index (χ3n) is 2.44. The van der Waals surface area contributed by atoms with Crippen LogP contribution in [0.25, 0.3) is 0 Å². The van der Waals surface area contributed by atoms with Gasteiger partial charge in [-0.05, 0) is 30.5 Å². The average Bonchev–Trinajstić information content (AvgIpc) is 2.34. The van der Waals surface area contributed by atoms with Crippen molar-refractivity contribution in [3.8, 4) is 0 Å². The van der Waals surface area contributed by atoms with Crippen LogP contribution in [0, 0.1) is 0 Å². The molecule has 6 heteroatoms. The summed E-state index contributed by atoms with van der Waals surface area (Å²) in [5.74, 6) is -0.365. The maximum atomic E-state index is 11.8. The van der Waals surface area contributed by atoms with E-state index in [9.17, 15) is 13.2 Å². The summed E-state index contributed by atoms with van der Waals surface area (Å²) in [5, 5.41) is 0. The molecule has 0 bridgehead atoms. The van der Waals surface area contributed by atoms with Gasteiger partial charge in [0.2, 0.25) is 15.9 Å². The molecule has 0 radical (unpaired) electrons. The molecule has 0 fully saturated rings. The summed E-state index contributed by atoms with van der Waals surface area (Å²) in [6.07, 6.45) is 1.54. The highest BCUT2D eigenvalue weighted by Gasteiger charge is 2.12. The van der Waals surface area contributed by atoms with Gasteiger partial charge in [-0.15, -0.1) is 0 Å². The lowest BCUT2D eigenvalue weighted by Crippen LogP contribution is -2.24. The Bertz CT molecular complexity index is 495. The summed E-state index contributed by atoms with van der Waals surface area (Å²) in [5.41, 5.74) is 5.94. The van der Waals surface area contributed by atoms with Crippen molar-refractivity contribution in [2.75, 3.05) is 6.54 Å². The number of rotatable bonds is 7. The number of nitrogens with one attached hydrogen (secondary N) is 1. The molecule has 0 saturated carbocycles. The summed E-state index contributed by atoms with van der Waals surface area (Å²) < 4.78 is 26.1. The second-order valence-electron chi connectivity index (χ2n) is 4.01. The fourth-order valence-corrected chi connectivity index (χ4v) is 2.56. The van der Waals surface area contributed by atoms with Gasteiger partial charge >= 0.3 is 0 Å². The number of sulfonamides is 1. The zero-order valence-corrected chi connectivity index (χ0v) is 11.2. The van der Waals surface area contributed by atoms with E-state index in [2.05, 4.69) is 4.72 Å². The van der Waals surface area contributed by atoms with Gasteiger partial charge in [-0.1, -0.05) is 19.1 Å². The van der Waals surface area contributed by atoms with E-state index < -0.39 is 10.0 Å². The van der Waals surface area contributed by atoms with E-state index in [1.807, 2.05) is 6.92 Å². The Morgan fingerprint density at radius 1 is 1.28 bits per heavy atom. The number of carbonyl (C=O) groups excluding carboxylic acids is 1. The molecule has 0 aliphatic carbocycles. The molecule has 0 atom stereocenters. The van der Waals surface area contributed by atoms with Gasteiger partial charge in [0.25, 0.3) is 0 Å². The summed E-state index contributed by atoms with van der Waals surface area (Å²) in [6, 6.07) is 6.47. The zero-order chi connectivity index (χ0) is 13.6. The van der Waals surface area contributed by atoms with Crippen molar-refractivity contribution < 1.29 is 13.2 Å². The highest BCUT2D eigenvalue weighted by molar-refractivity contribution is 7.89. The second-order valence-corrected chi connectivity index (χ2v) is 5.77. The minimum Gasteiger partial charge on any atom is -0.370 e. The first-order chi connectivity index (χ1) is 8.45. The average molecular weight is 270 g/mol. The van der Waals surface area contributed by atoms with Crippen molar-refractivity contribution in [2.45, 2.75) is 31.1 Å². The first-order valence-corrected chi connectivity index (χ1v) is 7.31. The number of aryl methyl sites for hydroxylation is 1. The largest absolute Gasteiger partial charge is 0.370 e. The van der Waals surface area contributed by atoms with Crippen molar-refractivity contribution in [3.05, 3.63) is 29.8 Å². The highest BCUT2D eigenvalue weighted by Crippen LogP contribution is 2.11. The van der Waals surface area contributed by atoms with Gasteiger partial charge < -0.3 is 5.73 Å². The lowest BCUT2D eigenvalue weighted by atomic mass is 10.1. The van der Waals surface area contributed by atoms with E-state index in [1.54, 1.807) is 12.1 Å². The quantitative estimate of drug-likeness (QED) is 0.767. The molecule has 0 heterocycles. The van der Waals surface area contributed by atoms with Crippen LogP contribution in [0.5, 0.6) is 0 Å². The molecule has 1 aromatic rings. The van der Waals surface area contributed by atoms with Crippen LogP contribution in [-0.4, -0.2) is 20.9 Å². The van der Waals surface area contributed by atoms with Crippen LogP contribution >= 0.6 is 0 Å². The van der Waals surface area contributed by atoms with Crippen molar-refractivity contribution in [2.24, 2.45) is 5.73 Å². The van der Waals surface area contributed by atoms with E-state index in [0.29, 0.717) is 13.0 Å². The van der Waals surface area contributed by atoms with Crippen LogP contribution < -0.4 is 10.5 Å². The van der Waals surface area contributed by atoms with Crippen LogP contribution in [0.2, 0.25) is 0 Å². The fraction of sp³-hybridized carbons (Fsp3) is 0.417. The van der Waals surface area contributed by atoms with Crippen LogP contribution in [0.4, 0.5) is 0 Å². The van der Waals surface area contributed by atoms with E-state index >= 15 is 0 Å². The Kier molecular flexibility index (Phi) is 5.30. The van der Waals surface area contributed by atoms with Gasteiger partial charge in [0.15, 0.2) is 0 Å². The molecule has 3 N–H and O–H groups in total. The Hall–Kier alpha value is -1.40. The molecule has 0 aromatic heterocycles. The molecule has 1 rings (SSSR count). The predicted octanol–water partition coefficient (Wildman–Crippen LogP) is 0.793. The Morgan fingerprint density at radius 2 is 1.89 bits per heavy atom. The van der Waals surface area contributed by atoms with Crippen molar-refractivity contribution >= 4 is 15.9 Å². The smallest absolute Gasteiger partial charge is 0.240 e. The Labute approximate surface area is 107 Å². The first kappa shape index (κ1) is 14.7. The minimum absolute atomic E-state index is 0.235. The molecule has 1 aromatic carbocycles. The van der Waals surface area contributed by atoms with E-state index in [-0.39, 0.29) is 17.2 Å². The standard InChI is InChI=1S/C12H18N2O3S/c1-2-9-14-18(16,17)11-6-3-10(4-7-11)5-8-12(13)15/h3-4,6-7,14H,2,5,8-9H2,1H3,(H2,13,15). The topological polar surface area (TPSA) is 89.3 Å². The molecule has 5 nitrogen and oxygen atoms in total. The zero-order valence-electron chi connectivity index (χ0n) is 10.3. The molecule has 0 aliphatic heterocycles. The number of nitrogens with two attached hydrogens (primary N) is 1. The molecular weight excluding hydrogens is 252 g/mol. The molecule has 0 spiro atoms. The predicted molar refractivity (Wildman–Crippen MR) is 69.4 cm³/mol. The molecular formula is C12H18N2O3S. The number of carbonyl (C=O) groups is 1. The van der Waals surface area contributed by atoms with E-state index in [0.717, 1.165) is 12.0 Å². The fourth-order valence-electron chi connectivity index (χ4n) is 1.42. The third kappa shape index (κ3) is 4.46. The second kappa shape index (κ2) is 6.51. The Morgan fingerprint density at radius 3 is 2.39 bits per heavy atom. The van der Waals surface area contributed by atoms with E-state index in [1.165, 1.54) is 12.1 Å². The first-order valence-electron chi connectivity index (χ1n) is 5.82. The van der Waals surface area contributed by atoms with Crippen molar-refractivity contribution in [1.82, 2.24) is 4.72 Å². The van der Waals surface area contributed by atoms with Gasteiger partial charge in [-0.3, -0.25) is 4.79 Å². The van der Waals surface area contributed by atoms with Crippen molar-refractivity contribution in [1.29, 1.82) is 0 Å². The monoisotopic (exact) mass is 270 g/mol. The SMILES string of the molecule is CCCNS(=O)(=O)c1ccc(CCC(N)=O)cc1. The van der Waals surface area contributed by atoms with E-state index in [4.69, 9.17) is 5.73 Å². The normalized spacial score (nSPS) is 11.4. The maximum Gasteiger partial charge on any atom is 0.240 e. The molecule has 100 valence electrons. The highest BCUT2D eigenvalue weighted by atomic mass is 32.2. The van der Waals surface area contributed by atoms with Gasteiger partial charge in [0.05, 0.1) is 4.90 Å². The molecule has 0 unspecified atom stereocenters. The van der Waals surface area contributed by atoms with Gasteiger partial charge in [-0.2, -0.15) is 0 Å². The molecule has 0 aliphatic rings. The van der Waals surface area contributed by atoms with Crippen molar-refractivity contribution in [3.63, 3.8) is 0 Å². The Balaban J connectivity index is 2.73. The molecule has 0 saturated heterocycles. The van der Waals surface area contributed by atoms with Crippen LogP contribution in [0.15, 0.2) is 29.2 Å². The number of amides is 1. The summed E-state index contributed by atoms with van der Waals surface area (Å²) >= 11 is 0. The van der Waals surface area contributed by atoms with Crippen LogP contribution in [-0.2, 0) is 21.2 Å². The summed E-state index contributed by atoms with van der Waals surface area (Å²) in [7, 11) is -3.41. The van der Waals surface area contributed by atoms with Crippen LogP contribution in [0.3, 0.4) is 0 Å². The molecule has 1 amide bonds. The summed E-state index contributed by atoms with van der Waals surface area (Å²) in [4.78, 5) is 10.9. The van der Waals surface area contributed by atoms with Gasteiger partial charge in [0, 0.05) is 13.0 Å². The number of hydrogen-bond acceptors (Lipinski definition) is 3. The lowest BCUT2D eigenvalue weighted by Gasteiger charge is -2.06. The maximum absolute atomic E-state index is 11.8. The third-order valence-corrected chi connectivity index (χ3v) is 3.91. The number of hydrogen-bond donors (Lipinski definition) is 2. The van der Waals surface area contributed by atoms with Gasteiger partial charge in [0.1, 0.15) is 0 Å². The van der Waals surface area contributed by atoms with Crippen LogP contribution in [0.1, 0.15) is 25.3 Å². The number of benzene rings is 1. The minimum atomic E-state index is -3.41. The summed E-state index contributed by atoms with van der Waals surface area (Å²) in [6.45, 7) is 2.32. The van der Waals surface area contributed by atoms with Gasteiger partial charge in [-0.25, -0.2) is 13.1 Å². The molecule has 18 heavy (non-hydrogen) atoms. The lowest BCUT2D eigenvalue weighted by molar-refractivity contribution is -0.117. The number of primary amides is 1.